The van der Waals surface area contributed by atoms with Crippen molar-refractivity contribution in [3.05, 3.63) is 128 Å². The molecule has 3 aromatic carbocycles. The molecule has 0 spiro atoms. The minimum atomic E-state index is -0.427. The van der Waals surface area contributed by atoms with Crippen LogP contribution < -0.4 is 5.46 Å². The van der Waals surface area contributed by atoms with Crippen molar-refractivity contribution >= 4 is 12.6 Å². The predicted molar refractivity (Wildman–Crippen MR) is 181 cm³/mol. The summed E-state index contributed by atoms with van der Waals surface area (Å²) >= 11 is 0. The third-order valence-corrected chi connectivity index (χ3v) is 8.77. The Hall–Kier alpha value is -4.98. The van der Waals surface area contributed by atoms with Gasteiger partial charge in [-0.25, -0.2) is 9.97 Å². The van der Waals surface area contributed by atoms with Crippen LogP contribution in [0.25, 0.3) is 56.2 Å². The van der Waals surface area contributed by atoms with Crippen LogP contribution in [-0.2, 0) is 9.31 Å². The Kier molecular flexibility index (Phi) is 7.36. The summed E-state index contributed by atoms with van der Waals surface area (Å²) in [5.74, 6) is 0.649. The van der Waals surface area contributed by atoms with Gasteiger partial charge in [0.05, 0.1) is 22.6 Å². The van der Waals surface area contributed by atoms with Crippen LogP contribution in [0.3, 0.4) is 0 Å². The van der Waals surface area contributed by atoms with Crippen LogP contribution in [0.15, 0.2) is 128 Å². The van der Waals surface area contributed by atoms with Gasteiger partial charge in [-0.05, 0) is 73.6 Å². The molecule has 1 aliphatic heterocycles. The van der Waals surface area contributed by atoms with Crippen LogP contribution >= 0.6 is 0 Å². The van der Waals surface area contributed by atoms with Gasteiger partial charge in [-0.2, -0.15) is 0 Å². The summed E-state index contributed by atoms with van der Waals surface area (Å²) < 4.78 is 12.5. The van der Waals surface area contributed by atoms with Crippen LogP contribution in [0.1, 0.15) is 27.7 Å². The minimum absolute atomic E-state index is 0.401. The smallest absolute Gasteiger partial charge is 0.399 e. The van der Waals surface area contributed by atoms with Gasteiger partial charge in [0.1, 0.15) is 0 Å². The molecule has 0 unspecified atom stereocenters. The first-order valence-corrected chi connectivity index (χ1v) is 15.1. The van der Waals surface area contributed by atoms with E-state index in [9.17, 15) is 0 Å². The fraction of sp³-hybridized carbons (Fsp3) is 0.158. The lowest BCUT2D eigenvalue weighted by Gasteiger charge is -2.32. The van der Waals surface area contributed by atoms with Gasteiger partial charge in [0.2, 0.25) is 0 Å². The van der Waals surface area contributed by atoms with Crippen molar-refractivity contribution in [1.29, 1.82) is 0 Å². The summed E-state index contributed by atoms with van der Waals surface area (Å²) in [5, 5.41) is 0. The van der Waals surface area contributed by atoms with Gasteiger partial charge >= 0.3 is 7.12 Å². The molecule has 0 bridgehead atoms. The quantitative estimate of drug-likeness (QED) is 0.184. The average Bonchev–Trinajstić information content (AvgIpc) is 3.31. The largest absolute Gasteiger partial charge is 0.494 e. The lowest BCUT2D eigenvalue weighted by Crippen LogP contribution is -2.41. The standard InChI is InChI=1S/C38H33BN4O2/c1-37(2)38(3,4)45-39(44-37)33-19-17-30(18-20-33)36-42-34(28-13-9-26(10-14-28)31-7-5-21-40-24-31)23-35(43-36)29-15-11-27(12-16-29)32-8-6-22-41-25-32/h5-25H,1-4H3. The number of benzene rings is 3. The van der Waals surface area contributed by atoms with Crippen molar-refractivity contribution < 1.29 is 9.31 Å². The third kappa shape index (κ3) is 5.80. The Morgan fingerprint density at radius 3 is 1.33 bits per heavy atom. The second-order valence-electron chi connectivity index (χ2n) is 12.3. The lowest BCUT2D eigenvalue weighted by atomic mass is 9.79. The molecule has 0 saturated carbocycles. The van der Waals surface area contributed by atoms with E-state index in [0.29, 0.717) is 5.82 Å². The van der Waals surface area contributed by atoms with E-state index in [0.717, 1.165) is 55.8 Å². The first kappa shape index (κ1) is 28.8. The van der Waals surface area contributed by atoms with Crippen molar-refractivity contribution in [3.63, 3.8) is 0 Å². The molecular formula is C38H33BN4O2. The molecule has 7 heteroatoms. The zero-order valence-electron chi connectivity index (χ0n) is 25.8. The van der Waals surface area contributed by atoms with E-state index >= 15 is 0 Å². The summed E-state index contributed by atoms with van der Waals surface area (Å²) in [4.78, 5) is 18.6. The van der Waals surface area contributed by atoms with Crippen LogP contribution in [0, 0.1) is 0 Å². The SMILES string of the molecule is CC1(C)OB(c2ccc(-c3nc(-c4ccc(-c5cccnc5)cc4)cc(-c4ccc(-c5cccnc5)cc4)n3)cc2)OC1(C)C. The number of pyridine rings is 2. The average molecular weight is 589 g/mol. The molecule has 1 fully saturated rings. The molecule has 1 aliphatic rings. The van der Waals surface area contributed by atoms with Gasteiger partial charge in [0.15, 0.2) is 5.82 Å². The maximum atomic E-state index is 6.27. The molecule has 0 atom stereocenters. The highest BCUT2D eigenvalue weighted by Gasteiger charge is 2.51. The molecule has 7 rings (SSSR count). The van der Waals surface area contributed by atoms with Crippen LogP contribution in [0.5, 0.6) is 0 Å². The Morgan fingerprint density at radius 2 is 0.911 bits per heavy atom. The first-order valence-electron chi connectivity index (χ1n) is 15.1. The molecule has 6 aromatic rings. The van der Waals surface area contributed by atoms with Gasteiger partial charge < -0.3 is 9.31 Å². The second kappa shape index (κ2) is 11.5. The van der Waals surface area contributed by atoms with Gasteiger partial charge in [-0.15, -0.1) is 0 Å². The zero-order valence-corrected chi connectivity index (χ0v) is 25.8. The third-order valence-electron chi connectivity index (χ3n) is 8.77. The van der Waals surface area contributed by atoms with Crippen molar-refractivity contribution in [2.45, 2.75) is 38.9 Å². The molecule has 0 amide bonds. The number of nitrogens with zero attached hydrogens (tertiary/aromatic N) is 4. The van der Waals surface area contributed by atoms with E-state index in [2.05, 4.69) is 104 Å². The first-order chi connectivity index (χ1) is 21.8. The molecule has 4 heterocycles. The van der Waals surface area contributed by atoms with E-state index in [1.54, 1.807) is 12.4 Å². The Morgan fingerprint density at radius 1 is 0.489 bits per heavy atom. The summed E-state index contributed by atoms with van der Waals surface area (Å²) in [6.45, 7) is 8.26. The van der Waals surface area contributed by atoms with E-state index in [-0.39, 0.29) is 0 Å². The molecule has 3 aromatic heterocycles. The Labute approximate surface area is 264 Å². The zero-order chi connectivity index (χ0) is 31.0. The van der Waals surface area contributed by atoms with E-state index < -0.39 is 18.3 Å². The van der Waals surface area contributed by atoms with E-state index in [1.165, 1.54) is 0 Å². The normalized spacial score (nSPS) is 15.2. The van der Waals surface area contributed by atoms with Crippen molar-refractivity contribution in [1.82, 2.24) is 19.9 Å². The highest BCUT2D eigenvalue weighted by molar-refractivity contribution is 6.62. The minimum Gasteiger partial charge on any atom is -0.399 e. The van der Waals surface area contributed by atoms with Gasteiger partial charge in [0, 0.05) is 41.5 Å². The van der Waals surface area contributed by atoms with Gasteiger partial charge in [-0.1, -0.05) is 84.9 Å². The van der Waals surface area contributed by atoms with Gasteiger partial charge in [0.25, 0.3) is 0 Å². The predicted octanol–water partition coefficient (Wildman–Crippen LogP) is 7.90. The highest BCUT2D eigenvalue weighted by Crippen LogP contribution is 2.37. The summed E-state index contributed by atoms with van der Waals surface area (Å²) in [6.07, 6.45) is 7.32. The van der Waals surface area contributed by atoms with Crippen LogP contribution in [-0.4, -0.2) is 38.3 Å². The van der Waals surface area contributed by atoms with Gasteiger partial charge in [-0.3, -0.25) is 9.97 Å². The molecule has 0 aliphatic carbocycles. The van der Waals surface area contributed by atoms with E-state index in [1.807, 2.05) is 48.8 Å². The molecule has 0 N–H and O–H groups in total. The van der Waals surface area contributed by atoms with Crippen LogP contribution in [0.4, 0.5) is 0 Å². The fourth-order valence-electron chi connectivity index (χ4n) is 5.37. The molecule has 0 radical (unpaired) electrons. The molecule has 220 valence electrons. The monoisotopic (exact) mass is 588 g/mol. The molecule has 6 nitrogen and oxygen atoms in total. The van der Waals surface area contributed by atoms with Crippen molar-refractivity contribution in [2.24, 2.45) is 0 Å². The summed E-state index contributed by atoms with van der Waals surface area (Å²) in [6, 6.07) is 35.1. The number of rotatable bonds is 6. The maximum Gasteiger partial charge on any atom is 0.494 e. The summed E-state index contributed by atoms with van der Waals surface area (Å²) in [5.41, 5.74) is 9.14. The number of hydrogen-bond donors (Lipinski definition) is 0. The van der Waals surface area contributed by atoms with E-state index in [4.69, 9.17) is 19.3 Å². The van der Waals surface area contributed by atoms with Crippen molar-refractivity contribution in [2.75, 3.05) is 0 Å². The topological polar surface area (TPSA) is 70.0 Å². The molecular weight excluding hydrogens is 555 g/mol. The molecule has 45 heavy (non-hydrogen) atoms. The fourth-order valence-corrected chi connectivity index (χ4v) is 5.37. The Balaban J connectivity index is 1.25. The molecule has 1 saturated heterocycles. The highest BCUT2D eigenvalue weighted by atomic mass is 16.7. The van der Waals surface area contributed by atoms with Crippen molar-refractivity contribution in [3.8, 4) is 56.2 Å². The van der Waals surface area contributed by atoms with Crippen LogP contribution in [0.2, 0.25) is 0 Å². The maximum absolute atomic E-state index is 6.27. The number of aromatic nitrogens is 4. The number of hydrogen-bond acceptors (Lipinski definition) is 6. The second-order valence-corrected chi connectivity index (χ2v) is 12.3. The summed E-state index contributed by atoms with van der Waals surface area (Å²) in [7, 11) is -0.427. The Bertz CT molecular complexity index is 1810. The lowest BCUT2D eigenvalue weighted by molar-refractivity contribution is 0.00578.